The van der Waals surface area contributed by atoms with E-state index in [2.05, 4.69) is 10.1 Å². The van der Waals surface area contributed by atoms with Gasteiger partial charge in [-0.1, -0.05) is 12.1 Å². The minimum Gasteiger partial charge on any atom is -0.435 e. The van der Waals surface area contributed by atoms with Crippen LogP contribution in [0.25, 0.3) is 0 Å². The summed E-state index contributed by atoms with van der Waals surface area (Å²) < 4.78 is 28.4. The first-order valence-corrected chi connectivity index (χ1v) is 7.54. The first kappa shape index (κ1) is 17.8. The maximum Gasteiger partial charge on any atom is 0.387 e. The molecule has 130 valence electrons. The average molecular weight is 340 g/mol. The largest absolute Gasteiger partial charge is 0.435 e. The lowest BCUT2D eigenvalue weighted by Crippen LogP contribution is -2.34. The van der Waals surface area contributed by atoms with Gasteiger partial charge in [-0.3, -0.25) is 19.3 Å². The van der Waals surface area contributed by atoms with Gasteiger partial charge in [-0.25, -0.2) is 0 Å². The van der Waals surface area contributed by atoms with Crippen LogP contribution in [-0.2, 0) is 14.4 Å². The molecule has 8 heteroatoms. The molecule has 2 rings (SSSR count). The number of carbonyl (C=O) groups excluding carboxylic acids is 3. The van der Waals surface area contributed by atoms with Gasteiger partial charge >= 0.3 is 6.61 Å². The van der Waals surface area contributed by atoms with E-state index in [-0.39, 0.29) is 55.3 Å². The van der Waals surface area contributed by atoms with Crippen LogP contribution in [0.4, 0.5) is 8.78 Å². The molecule has 0 bridgehead atoms. The number of benzene rings is 1. The number of hydrogen-bond acceptors (Lipinski definition) is 4. The van der Waals surface area contributed by atoms with Crippen LogP contribution in [0.3, 0.4) is 0 Å². The third kappa shape index (κ3) is 4.74. The van der Waals surface area contributed by atoms with Crippen LogP contribution in [0.5, 0.6) is 5.75 Å². The van der Waals surface area contributed by atoms with Gasteiger partial charge in [0, 0.05) is 25.8 Å². The molecule has 1 aliphatic rings. The van der Waals surface area contributed by atoms with Gasteiger partial charge in [-0.05, 0) is 24.6 Å². The Hall–Kier alpha value is -2.51. The van der Waals surface area contributed by atoms with Crippen molar-refractivity contribution in [2.45, 2.75) is 38.8 Å². The van der Waals surface area contributed by atoms with E-state index in [9.17, 15) is 23.2 Å². The Morgan fingerprint density at radius 3 is 2.33 bits per heavy atom. The summed E-state index contributed by atoms with van der Waals surface area (Å²) >= 11 is 0. The second kappa shape index (κ2) is 7.85. The molecule has 3 amide bonds. The summed E-state index contributed by atoms with van der Waals surface area (Å²) in [6.07, 6.45) is 0.419. The van der Waals surface area contributed by atoms with Crippen LogP contribution in [0.1, 0.15) is 37.8 Å². The zero-order chi connectivity index (χ0) is 17.7. The third-order valence-electron chi connectivity index (χ3n) is 3.70. The Morgan fingerprint density at radius 1 is 1.21 bits per heavy atom. The van der Waals surface area contributed by atoms with Crippen molar-refractivity contribution in [3.63, 3.8) is 0 Å². The Labute approximate surface area is 137 Å². The van der Waals surface area contributed by atoms with E-state index in [4.69, 9.17) is 0 Å². The summed E-state index contributed by atoms with van der Waals surface area (Å²) in [5.41, 5.74) is 0.721. The molecule has 1 atom stereocenters. The number of nitrogens with zero attached hydrogens (tertiary/aromatic N) is 1. The number of hydrogen-bond donors (Lipinski definition) is 1. The highest BCUT2D eigenvalue weighted by Gasteiger charge is 2.28. The number of likely N-dealkylation sites (tertiary alicyclic amines) is 1. The topological polar surface area (TPSA) is 75.7 Å². The van der Waals surface area contributed by atoms with Crippen LogP contribution in [-0.4, -0.2) is 35.8 Å². The van der Waals surface area contributed by atoms with Gasteiger partial charge in [0.25, 0.3) is 0 Å². The first-order chi connectivity index (χ1) is 11.4. The SMILES string of the molecule is CC(NC(=O)CCN1C(=O)CCC1=O)c1ccc(OC(F)F)cc1. The van der Waals surface area contributed by atoms with E-state index in [1.165, 1.54) is 12.1 Å². The lowest BCUT2D eigenvalue weighted by molar-refractivity contribution is -0.138. The van der Waals surface area contributed by atoms with Crippen LogP contribution in [0.15, 0.2) is 24.3 Å². The molecule has 0 saturated carbocycles. The fraction of sp³-hybridized carbons (Fsp3) is 0.438. The van der Waals surface area contributed by atoms with Gasteiger partial charge in [-0.2, -0.15) is 8.78 Å². The number of ether oxygens (including phenoxy) is 1. The molecule has 0 aliphatic carbocycles. The van der Waals surface area contributed by atoms with E-state index in [0.29, 0.717) is 0 Å². The quantitative estimate of drug-likeness (QED) is 0.771. The van der Waals surface area contributed by atoms with Crippen molar-refractivity contribution in [3.8, 4) is 5.75 Å². The number of alkyl halides is 2. The van der Waals surface area contributed by atoms with Gasteiger partial charge in [0.2, 0.25) is 17.7 Å². The van der Waals surface area contributed by atoms with Gasteiger partial charge < -0.3 is 10.1 Å². The first-order valence-electron chi connectivity index (χ1n) is 7.54. The number of rotatable bonds is 7. The molecular weight excluding hydrogens is 322 g/mol. The van der Waals surface area contributed by atoms with E-state index < -0.39 is 6.61 Å². The molecule has 1 aromatic rings. The predicted octanol–water partition coefficient (Wildman–Crippen LogP) is 2.00. The summed E-state index contributed by atoms with van der Waals surface area (Å²) in [7, 11) is 0. The summed E-state index contributed by atoms with van der Waals surface area (Å²) in [6.45, 7) is -1.08. The molecule has 0 radical (unpaired) electrons. The van der Waals surface area contributed by atoms with Crippen molar-refractivity contribution < 1.29 is 27.9 Å². The molecule has 24 heavy (non-hydrogen) atoms. The molecule has 1 heterocycles. The van der Waals surface area contributed by atoms with Crippen LogP contribution in [0.2, 0.25) is 0 Å². The molecule has 1 N–H and O–H groups in total. The Bertz CT molecular complexity index is 603. The lowest BCUT2D eigenvalue weighted by Gasteiger charge is -2.17. The van der Waals surface area contributed by atoms with Crippen molar-refractivity contribution in [1.29, 1.82) is 0 Å². The number of carbonyl (C=O) groups is 3. The normalized spacial score (nSPS) is 15.8. The molecule has 1 unspecified atom stereocenters. The van der Waals surface area contributed by atoms with E-state index >= 15 is 0 Å². The fourth-order valence-corrected chi connectivity index (χ4v) is 2.42. The van der Waals surface area contributed by atoms with Gasteiger partial charge in [0.1, 0.15) is 5.75 Å². The smallest absolute Gasteiger partial charge is 0.387 e. The van der Waals surface area contributed by atoms with Crippen molar-refractivity contribution >= 4 is 17.7 Å². The summed E-state index contributed by atoms with van der Waals surface area (Å²) in [5, 5.41) is 2.73. The highest BCUT2D eigenvalue weighted by Crippen LogP contribution is 2.19. The van der Waals surface area contributed by atoms with Crippen LogP contribution in [0, 0.1) is 0 Å². The van der Waals surface area contributed by atoms with E-state index in [1.807, 2.05) is 0 Å². The highest BCUT2D eigenvalue weighted by molar-refractivity contribution is 6.02. The maximum atomic E-state index is 12.1. The monoisotopic (exact) mass is 340 g/mol. The second-order valence-corrected chi connectivity index (χ2v) is 5.43. The van der Waals surface area contributed by atoms with Gasteiger partial charge in [0.15, 0.2) is 0 Å². The number of nitrogens with one attached hydrogen (secondary N) is 1. The Kier molecular flexibility index (Phi) is 5.83. The van der Waals surface area contributed by atoms with Crippen molar-refractivity contribution in [3.05, 3.63) is 29.8 Å². The molecule has 1 saturated heterocycles. The van der Waals surface area contributed by atoms with Crippen LogP contribution < -0.4 is 10.1 Å². The zero-order valence-corrected chi connectivity index (χ0v) is 13.1. The van der Waals surface area contributed by atoms with Crippen molar-refractivity contribution in [2.24, 2.45) is 0 Å². The molecule has 1 fully saturated rings. The number of halogens is 2. The predicted molar refractivity (Wildman–Crippen MR) is 80.2 cm³/mol. The van der Waals surface area contributed by atoms with Gasteiger partial charge in [-0.15, -0.1) is 0 Å². The molecule has 1 aromatic carbocycles. The number of imide groups is 1. The standard InChI is InChI=1S/C16H18F2N2O4/c1-10(11-2-4-12(5-3-11)24-16(17)18)19-13(21)8-9-20-14(22)6-7-15(20)23/h2-5,10,16H,6-9H2,1H3,(H,19,21). The van der Waals surface area contributed by atoms with Gasteiger partial charge in [0.05, 0.1) is 6.04 Å². The molecule has 1 aliphatic heterocycles. The highest BCUT2D eigenvalue weighted by atomic mass is 19.3. The molecular formula is C16H18F2N2O4. The molecule has 0 spiro atoms. The third-order valence-corrected chi connectivity index (χ3v) is 3.70. The summed E-state index contributed by atoms with van der Waals surface area (Å²) in [4.78, 5) is 35.9. The molecule has 0 aromatic heterocycles. The average Bonchev–Trinajstić information content (AvgIpc) is 2.84. The zero-order valence-electron chi connectivity index (χ0n) is 13.1. The van der Waals surface area contributed by atoms with Crippen LogP contribution >= 0.6 is 0 Å². The lowest BCUT2D eigenvalue weighted by atomic mass is 10.1. The maximum absolute atomic E-state index is 12.1. The van der Waals surface area contributed by atoms with E-state index in [0.717, 1.165) is 10.5 Å². The second-order valence-electron chi connectivity index (χ2n) is 5.43. The minimum atomic E-state index is -2.89. The Morgan fingerprint density at radius 2 is 1.79 bits per heavy atom. The number of amides is 3. The van der Waals surface area contributed by atoms with E-state index in [1.54, 1.807) is 19.1 Å². The summed E-state index contributed by atoms with van der Waals surface area (Å²) in [6, 6.07) is 5.60. The van der Waals surface area contributed by atoms with Crippen molar-refractivity contribution in [1.82, 2.24) is 10.2 Å². The minimum absolute atomic E-state index is 0.0222. The van der Waals surface area contributed by atoms with Crippen molar-refractivity contribution in [2.75, 3.05) is 6.54 Å². The molecule has 6 nitrogen and oxygen atoms in total. The fourth-order valence-electron chi connectivity index (χ4n) is 2.42. The Balaban J connectivity index is 1.82. The summed E-state index contributed by atoms with van der Waals surface area (Å²) in [5.74, 6) is -0.771.